The van der Waals surface area contributed by atoms with Gasteiger partial charge in [-0.2, -0.15) is 0 Å². The van der Waals surface area contributed by atoms with E-state index in [9.17, 15) is 33.9 Å². The number of nitrogens with zero attached hydrogens (tertiary/aromatic N) is 4. The van der Waals surface area contributed by atoms with E-state index < -0.39 is 162 Å². The van der Waals surface area contributed by atoms with Crippen LogP contribution >= 0.6 is 0 Å². The monoisotopic (exact) mass is 1580 g/mol. The lowest BCUT2D eigenvalue weighted by molar-refractivity contribution is -0.870. The minimum absolute atomic E-state index is 0.0448. The number of likely N-dealkylation sites (N-methyl/N-ethyl adjacent to an activating group) is 1. The zero-order valence-electron chi connectivity index (χ0n) is 66.0. The molecule has 0 spiro atoms. The van der Waals surface area contributed by atoms with Crippen molar-refractivity contribution in [2.75, 3.05) is 94.0 Å². The van der Waals surface area contributed by atoms with Crippen LogP contribution in [-0.2, 0) is 111 Å². The minimum Gasteiger partial charge on any atom is -0.497 e. The molecule has 6 aliphatic rings. The number of aryl methyl sites for hydroxylation is 1. The molecule has 11 atom stereocenters. The van der Waals surface area contributed by atoms with E-state index in [2.05, 4.69) is 53.2 Å². The fourth-order valence-corrected chi connectivity index (χ4v) is 15.0. The van der Waals surface area contributed by atoms with Crippen LogP contribution in [0.5, 0.6) is 5.75 Å². The van der Waals surface area contributed by atoms with E-state index in [0.717, 1.165) is 22.6 Å². The number of aromatic nitrogens is 1. The van der Waals surface area contributed by atoms with Crippen molar-refractivity contribution in [1.82, 2.24) is 67.5 Å². The summed E-state index contributed by atoms with van der Waals surface area (Å²) < 4.78 is 41.5. The molecule has 7 heterocycles. The maximum atomic E-state index is 16.3. The molecule has 0 aliphatic carbocycles. The number of ether oxygens (including phenoxy) is 4. The van der Waals surface area contributed by atoms with Crippen LogP contribution in [-0.4, -0.2) is 249 Å². The molecule has 0 saturated carbocycles. The van der Waals surface area contributed by atoms with Crippen molar-refractivity contribution in [1.29, 1.82) is 0 Å². The standard InChI is InChI=1S/C82H109FN14O17/c1-50-74(103)92-65(47-86-68(99)30-37-112-39-40-113-38-36-97(4,5)6)76(105)89-62-43-54-13-11-14-55(41-54)46-85-71(102)49-114-67-29-35-95-73(67)78(107)93-72(51(2)98)77(106)91-63(42-53-18-23-59(111-7)24-19-53)80(109)96-34-12-31-82(96,3)81(110)84-32-28-52-16-20-56(21-17-52)61(88-70(101)27-26-69(100)87-50)15-9-8-10-33-94-48-57(44-64(79(95)108)90-75(62)104)60-45-58(83)22-25-66(60)94/h11,13-14,16-25,41,45,48,50-51,61-65,67,72-73,98H,8-10,12,15,26-40,42-44,46-47,49H2,1-7H3,(H9-,84,85,86,87,88,89,90,91,92,93,99,100,101,102,103,104,105,106,107,110)/p+1/t50-,51+,61+,62-,63-,64-,65+,67?,72-,73-,82-/m0/s1. The third-order valence-corrected chi connectivity index (χ3v) is 21.6. The Morgan fingerprint density at radius 1 is 0.667 bits per heavy atom. The number of fused-ring (bicyclic) bond motifs is 16. The highest BCUT2D eigenvalue weighted by Gasteiger charge is 2.50. The molecule has 616 valence electrons. The topological polar surface area (TPSA) is 394 Å². The highest BCUT2D eigenvalue weighted by molar-refractivity contribution is 6.00. The Morgan fingerprint density at radius 2 is 1.39 bits per heavy atom. The van der Waals surface area contributed by atoms with Gasteiger partial charge in [-0.3, -0.25) is 57.5 Å². The summed E-state index contributed by atoms with van der Waals surface area (Å²) in [4.78, 5) is 180. The molecule has 12 bridgehead atoms. The first kappa shape index (κ1) is 86.0. The van der Waals surface area contributed by atoms with E-state index in [0.29, 0.717) is 95.1 Å². The van der Waals surface area contributed by atoms with Crippen LogP contribution in [0.2, 0.25) is 0 Å². The Kier molecular flexibility index (Phi) is 30.2. The third kappa shape index (κ3) is 23.6. The summed E-state index contributed by atoms with van der Waals surface area (Å²) in [5.74, 6) is -9.52. The Bertz CT molecular complexity index is 4270. The van der Waals surface area contributed by atoms with Gasteiger partial charge in [-0.25, -0.2) is 4.39 Å². The van der Waals surface area contributed by atoms with Crippen LogP contribution in [0.3, 0.4) is 0 Å². The predicted molar refractivity (Wildman–Crippen MR) is 416 cm³/mol. The van der Waals surface area contributed by atoms with E-state index in [1.807, 2.05) is 50.0 Å². The van der Waals surface area contributed by atoms with Gasteiger partial charge in [0.1, 0.15) is 72.6 Å². The number of halogens is 1. The number of methoxy groups -OCH3 is 1. The maximum Gasteiger partial charge on any atom is 0.246 e. The molecule has 114 heavy (non-hydrogen) atoms. The molecule has 2 fully saturated rings. The molecule has 12 amide bonds. The zero-order valence-corrected chi connectivity index (χ0v) is 66.0. The second-order valence-corrected chi connectivity index (χ2v) is 31.3. The van der Waals surface area contributed by atoms with Gasteiger partial charge in [0.2, 0.25) is 70.9 Å². The second-order valence-electron chi connectivity index (χ2n) is 31.3. The van der Waals surface area contributed by atoms with Crippen molar-refractivity contribution in [3.05, 3.63) is 136 Å². The van der Waals surface area contributed by atoms with Crippen LogP contribution in [0.1, 0.15) is 124 Å². The van der Waals surface area contributed by atoms with Gasteiger partial charge in [0.05, 0.1) is 72.9 Å². The van der Waals surface area contributed by atoms with E-state index in [1.54, 1.807) is 67.7 Å². The Labute approximate surface area is 662 Å². The van der Waals surface area contributed by atoms with Crippen LogP contribution in [0, 0.1) is 5.82 Å². The fraction of sp³-hybridized carbons (Fsp3) is 0.537. The summed E-state index contributed by atoms with van der Waals surface area (Å²) in [5, 5.41) is 40.0. The summed E-state index contributed by atoms with van der Waals surface area (Å²) in [6.45, 7) is 4.95. The summed E-state index contributed by atoms with van der Waals surface area (Å²) in [7, 11) is 7.59. The number of quaternary nitrogens is 1. The second kappa shape index (κ2) is 40.1. The van der Waals surface area contributed by atoms with Crippen molar-refractivity contribution < 1.29 is 90.5 Å². The lowest BCUT2D eigenvalue weighted by Crippen LogP contribution is -2.64. The van der Waals surface area contributed by atoms with Crippen LogP contribution in [0.15, 0.2) is 97.2 Å². The average Bonchev–Trinajstić information content (AvgIpc) is 1.62. The third-order valence-electron chi connectivity index (χ3n) is 21.6. The first-order valence-electron chi connectivity index (χ1n) is 39.4. The van der Waals surface area contributed by atoms with E-state index in [1.165, 1.54) is 38.0 Å². The minimum atomic E-state index is -1.86. The highest BCUT2D eigenvalue weighted by Crippen LogP contribution is 2.33. The molecule has 11 N–H and O–H groups in total. The summed E-state index contributed by atoms with van der Waals surface area (Å²) in [5.41, 5.74) is 2.61. The van der Waals surface area contributed by atoms with Gasteiger partial charge in [-0.15, -0.1) is 0 Å². The number of amides is 12. The number of aliphatic hydroxyl groups excluding tert-OH is 1. The molecular formula is C82H110FN14O17+. The maximum absolute atomic E-state index is 16.3. The molecule has 32 heteroatoms. The molecule has 1 aromatic heterocycles. The Hall–Kier alpha value is -10.4. The Morgan fingerprint density at radius 3 is 2.12 bits per heavy atom. The molecule has 0 radical (unpaired) electrons. The number of nitrogens with one attached hydrogen (secondary N) is 10. The molecule has 5 aromatic rings. The van der Waals surface area contributed by atoms with E-state index in [4.69, 9.17) is 18.9 Å². The van der Waals surface area contributed by atoms with Gasteiger partial charge in [0, 0.05) is 94.9 Å². The number of carbonyl (C=O) groups is 12. The molecule has 1 unspecified atom stereocenters. The van der Waals surface area contributed by atoms with Gasteiger partial charge < -0.3 is 96.1 Å². The predicted octanol–water partition coefficient (Wildman–Crippen LogP) is 1.25. The lowest BCUT2D eigenvalue weighted by atomic mass is 9.95. The first-order chi connectivity index (χ1) is 54.5. The summed E-state index contributed by atoms with van der Waals surface area (Å²) in [6, 6.07) is 13.1. The van der Waals surface area contributed by atoms with Crippen molar-refractivity contribution in [2.45, 2.75) is 190 Å². The molecule has 31 nitrogen and oxygen atoms in total. The van der Waals surface area contributed by atoms with Crippen LogP contribution < -0.4 is 57.9 Å². The van der Waals surface area contributed by atoms with Gasteiger partial charge in [-0.1, -0.05) is 73.5 Å². The molecular weight excluding hydrogens is 1470 g/mol. The zero-order chi connectivity index (χ0) is 81.8. The quantitative estimate of drug-likeness (QED) is 0.0519. The Balaban J connectivity index is 1.06. The van der Waals surface area contributed by atoms with Gasteiger partial charge in [-0.05, 0) is 123 Å². The average molecular weight is 1580 g/mol. The summed E-state index contributed by atoms with van der Waals surface area (Å²) in [6.07, 6.45) is 0.148. The lowest BCUT2D eigenvalue weighted by Gasteiger charge is -2.37. The molecule has 6 aliphatic heterocycles. The fourth-order valence-electron chi connectivity index (χ4n) is 15.0. The van der Waals surface area contributed by atoms with Gasteiger partial charge in [0.15, 0.2) is 0 Å². The van der Waals surface area contributed by atoms with Crippen molar-refractivity contribution in [3.63, 3.8) is 0 Å². The SMILES string of the molecule is COc1ccc(C[C@@H]2NC(=O)[C@H]([C@@H](C)O)NC(=O)[C@@H]3C4CCN3C(=O)[C@@H]3Cc5cn(c6ccc(F)cc56)CCCCC[C@@H](NC(=O)CCC(=O)N[C@@H](C)C(=O)N[C@H](CNC(=O)CCOCCOCC[N+](C)(C)C)C(=O)N[C@@H](Cc5cccc(c5)CNC(=O)CO4)C(=O)N3)c3ccc(cc3)CCNC(=O)[C@]3(C)CCCN3C2=O)cc1. The number of benzene rings is 4. The van der Waals surface area contributed by atoms with E-state index in [-0.39, 0.29) is 90.9 Å². The highest BCUT2D eigenvalue weighted by atomic mass is 19.1. The largest absolute Gasteiger partial charge is 0.497 e. The number of hydrogen-bond donors (Lipinski definition) is 11. The molecule has 2 saturated heterocycles. The van der Waals surface area contributed by atoms with Crippen molar-refractivity contribution >= 4 is 81.8 Å². The van der Waals surface area contributed by atoms with Crippen LogP contribution in [0.25, 0.3) is 10.9 Å². The van der Waals surface area contributed by atoms with E-state index >= 15 is 33.2 Å². The van der Waals surface area contributed by atoms with Gasteiger partial charge >= 0.3 is 0 Å². The number of aliphatic hydroxyl groups is 1. The van der Waals surface area contributed by atoms with Crippen molar-refractivity contribution in [3.8, 4) is 5.75 Å². The number of carbonyl (C=O) groups excluding carboxylic acids is 12. The number of hydrogen-bond acceptors (Lipinski definition) is 17. The van der Waals surface area contributed by atoms with Crippen LogP contribution in [0.4, 0.5) is 4.39 Å². The summed E-state index contributed by atoms with van der Waals surface area (Å²) >= 11 is 0. The molecule has 4 aromatic carbocycles. The first-order valence-corrected chi connectivity index (χ1v) is 39.4. The molecule has 11 rings (SSSR count). The van der Waals surface area contributed by atoms with Crippen molar-refractivity contribution in [2.24, 2.45) is 0 Å². The smallest absolute Gasteiger partial charge is 0.246 e. The normalized spacial score (nSPS) is 25.1. The van der Waals surface area contributed by atoms with Gasteiger partial charge in [0.25, 0.3) is 0 Å². The number of rotatable bonds is 15.